The van der Waals surface area contributed by atoms with Crippen LogP contribution in [0.4, 0.5) is 0 Å². The van der Waals surface area contributed by atoms with Crippen LogP contribution in [0.5, 0.6) is 11.5 Å². The summed E-state index contributed by atoms with van der Waals surface area (Å²) in [7, 11) is 0. The average molecular weight is 315 g/mol. The van der Waals surface area contributed by atoms with E-state index in [9.17, 15) is 10.2 Å². The van der Waals surface area contributed by atoms with Crippen molar-refractivity contribution in [3.05, 3.63) is 57.6 Å². The van der Waals surface area contributed by atoms with Crippen LogP contribution in [-0.2, 0) is 6.42 Å². The standard InChI is InChI=1S/C13H10Cl2O2.2Na/c14-10-1-3-12(16)8(6-10)5-9-7-11(15)2-4-13(9)17;;/h1-4,6-7,16-17H,5H2;;. The zero-order chi connectivity index (χ0) is 12.4. The molecule has 0 unspecified atom stereocenters. The molecule has 0 aromatic heterocycles. The topological polar surface area (TPSA) is 40.5 Å². The molecule has 0 amide bonds. The Labute approximate surface area is 166 Å². The molecule has 19 heavy (non-hydrogen) atoms. The fraction of sp³-hybridized carbons (Fsp3) is 0.0769. The quantitative estimate of drug-likeness (QED) is 0.835. The number of phenols is 2. The van der Waals surface area contributed by atoms with Crippen molar-refractivity contribution in [1.29, 1.82) is 0 Å². The molecule has 0 aliphatic heterocycles. The van der Waals surface area contributed by atoms with Crippen LogP contribution in [0.1, 0.15) is 11.1 Å². The number of halogens is 2. The van der Waals surface area contributed by atoms with Gasteiger partial charge in [-0.3, -0.25) is 0 Å². The van der Waals surface area contributed by atoms with Crippen molar-refractivity contribution in [3.63, 3.8) is 0 Å². The van der Waals surface area contributed by atoms with E-state index in [0.717, 1.165) is 0 Å². The summed E-state index contributed by atoms with van der Waals surface area (Å²) in [4.78, 5) is 0. The number of benzene rings is 2. The number of hydrogen-bond acceptors (Lipinski definition) is 2. The average Bonchev–Trinajstić information content (AvgIpc) is 2.28. The first-order valence-corrected chi connectivity index (χ1v) is 5.76. The molecule has 0 heterocycles. The SMILES string of the molecule is Oc1ccc(Cl)cc1Cc1cc(Cl)ccc1O.[Na].[Na]. The van der Waals surface area contributed by atoms with Crippen LogP contribution >= 0.6 is 23.2 Å². The molecule has 0 aliphatic carbocycles. The van der Waals surface area contributed by atoms with Gasteiger partial charge in [0.2, 0.25) is 0 Å². The van der Waals surface area contributed by atoms with E-state index in [2.05, 4.69) is 0 Å². The van der Waals surface area contributed by atoms with E-state index in [-0.39, 0.29) is 70.6 Å². The summed E-state index contributed by atoms with van der Waals surface area (Å²) in [6.07, 6.45) is 0.374. The number of rotatable bonds is 2. The maximum Gasteiger partial charge on any atom is 0.119 e. The molecular weight excluding hydrogens is 305 g/mol. The molecule has 2 N–H and O–H groups in total. The smallest absolute Gasteiger partial charge is 0.119 e. The van der Waals surface area contributed by atoms with Crippen molar-refractivity contribution in [2.75, 3.05) is 0 Å². The maximum absolute atomic E-state index is 9.68. The minimum absolute atomic E-state index is 0. The maximum atomic E-state index is 9.68. The van der Waals surface area contributed by atoms with Gasteiger partial charge in [0.25, 0.3) is 0 Å². The Morgan fingerprint density at radius 2 is 1.11 bits per heavy atom. The van der Waals surface area contributed by atoms with Crippen LogP contribution in [0.2, 0.25) is 10.0 Å². The molecule has 90 valence electrons. The fourth-order valence-corrected chi connectivity index (χ4v) is 1.99. The third-order valence-electron chi connectivity index (χ3n) is 2.46. The van der Waals surface area contributed by atoms with Crippen LogP contribution in [0.15, 0.2) is 36.4 Å². The second-order valence-corrected chi connectivity index (χ2v) is 4.60. The molecule has 2 aromatic carbocycles. The Morgan fingerprint density at radius 1 is 0.737 bits per heavy atom. The van der Waals surface area contributed by atoms with Crippen molar-refractivity contribution < 1.29 is 10.2 Å². The number of hydrogen-bond donors (Lipinski definition) is 2. The molecule has 0 saturated carbocycles. The van der Waals surface area contributed by atoms with Gasteiger partial charge >= 0.3 is 0 Å². The molecule has 2 aromatic rings. The van der Waals surface area contributed by atoms with Crippen LogP contribution < -0.4 is 0 Å². The van der Waals surface area contributed by atoms with E-state index in [1.54, 1.807) is 24.3 Å². The van der Waals surface area contributed by atoms with Gasteiger partial charge in [-0.2, -0.15) is 0 Å². The zero-order valence-corrected chi connectivity index (χ0v) is 16.3. The van der Waals surface area contributed by atoms with E-state index >= 15 is 0 Å². The summed E-state index contributed by atoms with van der Waals surface area (Å²) in [5.74, 6) is 0.294. The summed E-state index contributed by atoms with van der Waals surface area (Å²) < 4.78 is 0. The summed E-state index contributed by atoms with van der Waals surface area (Å²) >= 11 is 11.7. The zero-order valence-electron chi connectivity index (χ0n) is 10.8. The van der Waals surface area contributed by atoms with Crippen molar-refractivity contribution >= 4 is 82.3 Å². The summed E-state index contributed by atoms with van der Waals surface area (Å²) in [6.45, 7) is 0. The largest absolute Gasteiger partial charge is 0.508 e. The minimum atomic E-state index is 0. The summed E-state index contributed by atoms with van der Waals surface area (Å²) in [5, 5.41) is 20.4. The van der Waals surface area contributed by atoms with Gasteiger partial charge in [-0.15, -0.1) is 0 Å². The Morgan fingerprint density at radius 3 is 1.47 bits per heavy atom. The molecule has 6 heteroatoms. The molecule has 2 nitrogen and oxygen atoms in total. The fourth-order valence-electron chi connectivity index (χ4n) is 1.60. The Hall–Kier alpha value is 0.620. The van der Waals surface area contributed by atoms with E-state index in [1.807, 2.05) is 0 Å². The molecular formula is C13H10Cl2Na2O2. The van der Waals surface area contributed by atoms with Crippen LogP contribution in [0.25, 0.3) is 0 Å². The van der Waals surface area contributed by atoms with Gasteiger partial charge in [0.05, 0.1) is 0 Å². The van der Waals surface area contributed by atoms with Gasteiger partial charge in [-0.05, 0) is 47.5 Å². The Kier molecular flexibility index (Phi) is 9.09. The first-order chi connectivity index (χ1) is 8.06. The van der Waals surface area contributed by atoms with Crippen LogP contribution in [0.3, 0.4) is 0 Å². The molecule has 0 spiro atoms. The third-order valence-corrected chi connectivity index (χ3v) is 2.93. The predicted molar refractivity (Wildman–Crippen MR) is 80.5 cm³/mol. The van der Waals surface area contributed by atoms with E-state index in [1.165, 1.54) is 12.1 Å². The van der Waals surface area contributed by atoms with Crippen LogP contribution in [0, 0.1) is 0 Å². The molecule has 2 rings (SSSR count). The van der Waals surface area contributed by atoms with Crippen LogP contribution in [-0.4, -0.2) is 69.3 Å². The van der Waals surface area contributed by atoms with Gasteiger partial charge in [-0.1, -0.05) is 23.2 Å². The Balaban J connectivity index is 0.00000162. The van der Waals surface area contributed by atoms with Crippen molar-refractivity contribution in [2.45, 2.75) is 6.42 Å². The summed E-state index contributed by atoms with van der Waals surface area (Å²) in [6, 6.07) is 9.60. The first kappa shape index (κ1) is 19.6. The monoisotopic (exact) mass is 314 g/mol. The van der Waals surface area contributed by atoms with Gasteiger partial charge in [-0.25, -0.2) is 0 Å². The molecule has 0 saturated heterocycles. The predicted octanol–water partition coefficient (Wildman–Crippen LogP) is 3.23. The minimum Gasteiger partial charge on any atom is -0.508 e. The van der Waals surface area contributed by atoms with Crippen molar-refractivity contribution in [2.24, 2.45) is 0 Å². The second-order valence-electron chi connectivity index (χ2n) is 3.72. The number of aromatic hydroxyl groups is 2. The molecule has 0 atom stereocenters. The van der Waals surface area contributed by atoms with E-state index in [0.29, 0.717) is 27.6 Å². The number of phenolic OH excluding ortho intramolecular Hbond substituents is 2. The molecule has 0 bridgehead atoms. The van der Waals surface area contributed by atoms with Gasteiger partial charge in [0, 0.05) is 75.6 Å². The second kappa shape index (κ2) is 8.81. The first-order valence-electron chi connectivity index (χ1n) is 5.01. The van der Waals surface area contributed by atoms with Gasteiger partial charge in [0.1, 0.15) is 11.5 Å². The van der Waals surface area contributed by atoms with E-state index in [4.69, 9.17) is 23.2 Å². The Bertz CT molecular complexity index is 513. The molecule has 0 aliphatic rings. The van der Waals surface area contributed by atoms with Gasteiger partial charge in [0.15, 0.2) is 0 Å². The van der Waals surface area contributed by atoms with Gasteiger partial charge < -0.3 is 10.2 Å². The van der Waals surface area contributed by atoms with Crippen molar-refractivity contribution in [1.82, 2.24) is 0 Å². The van der Waals surface area contributed by atoms with E-state index < -0.39 is 0 Å². The van der Waals surface area contributed by atoms with Crippen molar-refractivity contribution in [3.8, 4) is 11.5 Å². The molecule has 0 fully saturated rings. The molecule has 2 radical (unpaired) electrons. The summed E-state index contributed by atoms with van der Waals surface area (Å²) in [5.41, 5.74) is 1.30. The normalized spacial score (nSPS) is 9.37. The third kappa shape index (κ3) is 5.49.